The normalized spacial score (nSPS) is 10.7. The van der Waals surface area contributed by atoms with E-state index in [-0.39, 0.29) is 0 Å². The van der Waals surface area contributed by atoms with E-state index in [0.717, 1.165) is 0 Å². The molecule has 0 aromatic rings. The molecule has 0 aromatic carbocycles. The molecule has 0 radical (unpaired) electrons. The molecule has 0 atom stereocenters. The van der Waals surface area contributed by atoms with E-state index in [4.69, 9.17) is 0 Å². The predicted octanol–water partition coefficient (Wildman–Crippen LogP) is 5.65. The Morgan fingerprint density at radius 1 is 0.533 bits per heavy atom. The summed E-state index contributed by atoms with van der Waals surface area (Å²) in [6, 6.07) is 0. The summed E-state index contributed by atoms with van der Waals surface area (Å²) in [6.07, 6.45) is 17.6. The van der Waals surface area contributed by atoms with Crippen molar-refractivity contribution in [1.82, 2.24) is 0 Å². The maximum absolute atomic E-state index is 2.29. The molecule has 0 spiro atoms. The Hall–Kier alpha value is 0.714. The number of hydrogen-bond donors (Lipinski definition) is 0. The fourth-order valence-electron chi connectivity index (χ4n) is 1.97. The first-order valence-corrected chi connectivity index (χ1v) is 8.16. The third-order valence-electron chi connectivity index (χ3n) is 3.03. The van der Waals surface area contributed by atoms with Crippen molar-refractivity contribution in [1.29, 1.82) is 0 Å². The molecule has 0 bridgehead atoms. The Balaban J connectivity index is 2.81. The van der Waals surface area contributed by atoms with Crippen LogP contribution >= 0.6 is 0 Å². The molecule has 0 aliphatic carbocycles. The van der Waals surface area contributed by atoms with Crippen molar-refractivity contribution in [2.45, 2.75) is 88.7 Å². The summed E-state index contributed by atoms with van der Waals surface area (Å²) in [5, 5.41) is 0. The van der Waals surface area contributed by atoms with Crippen LogP contribution in [0.25, 0.3) is 0 Å². The van der Waals surface area contributed by atoms with Gasteiger partial charge in [0, 0.05) is 0 Å². The zero-order valence-corrected chi connectivity index (χ0v) is 12.3. The van der Waals surface area contributed by atoms with Crippen molar-refractivity contribution in [3.63, 3.8) is 0 Å². The first-order chi connectivity index (χ1) is 7.41. The maximum atomic E-state index is 2.29. The van der Waals surface area contributed by atoms with Gasteiger partial charge in [0.25, 0.3) is 0 Å². The van der Waals surface area contributed by atoms with Crippen LogP contribution in [0.2, 0.25) is 4.73 Å². The first-order valence-electron chi connectivity index (χ1n) is 7.06. The van der Waals surface area contributed by atoms with Crippen LogP contribution in [0.3, 0.4) is 0 Å². The Bertz CT molecular complexity index is 89.5. The third kappa shape index (κ3) is 14.7. The SMILES string of the molecule is CCCCCCCCCCCCC[CH2][Ti]. The van der Waals surface area contributed by atoms with Gasteiger partial charge in [-0.1, -0.05) is 13.3 Å². The van der Waals surface area contributed by atoms with Gasteiger partial charge in [-0.3, -0.25) is 0 Å². The van der Waals surface area contributed by atoms with Crippen molar-refractivity contribution in [2.75, 3.05) is 0 Å². The van der Waals surface area contributed by atoms with Crippen LogP contribution in [-0.4, -0.2) is 0 Å². The second-order valence-electron chi connectivity index (χ2n) is 4.64. The van der Waals surface area contributed by atoms with E-state index in [0.29, 0.717) is 0 Å². The van der Waals surface area contributed by atoms with E-state index in [9.17, 15) is 0 Å². The molecule has 0 aliphatic rings. The molecule has 0 nitrogen and oxygen atoms in total. The van der Waals surface area contributed by atoms with Crippen LogP contribution in [0.15, 0.2) is 0 Å². The van der Waals surface area contributed by atoms with Crippen LogP contribution in [0.1, 0.15) is 84.0 Å². The van der Waals surface area contributed by atoms with Crippen LogP contribution in [0.4, 0.5) is 0 Å². The molecule has 0 heterocycles. The second kappa shape index (κ2) is 14.7. The molecule has 0 amide bonds. The molecule has 15 heavy (non-hydrogen) atoms. The summed E-state index contributed by atoms with van der Waals surface area (Å²) in [6.45, 7) is 2.29. The number of hydrogen-bond acceptors (Lipinski definition) is 0. The molecular weight excluding hydrogens is 216 g/mol. The zero-order valence-electron chi connectivity index (χ0n) is 10.7. The summed E-state index contributed by atoms with van der Waals surface area (Å²) in [5.41, 5.74) is 0. The molecule has 0 fully saturated rings. The van der Waals surface area contributed by atoms with Gasteiger partial charge in [0.15, 0.2) is 0 Å². The Morgan fingerprint density at radius 3 is 1.20 bits per heavy atom. The van der Waals surface area contributed by atoms with E-state index in [1.165, 1.54) is 81.8 Å². The Kier molecular flexibility index (Phi) is 15.4. The predicted molar refractivity (Wildman–Crippen MR) is 65.9 cm³/mol. The fourth-order valence-corrected chi connectivity index (χ4v) is 2.36. The molecule has 0 N–H and O–H groups in total. The van der Waals surface area contributed by atoms with Gasteiger partial charge >= 0.3 is 95.8 Å². The van der Waals surface area contributed by atoms with Gasteiger partial charge in [0.2, 0.25) is 0 Å². The van der Waals surface area contributed by atoms with Gasteiger partial charge in [-0.15, -0.1) is 0 Å². The molecule has 1 heteroatoms. The summed E-state index contributed by atoms with van der Waals surface area (Å²) >= 11 is 2.29. The molecule has 0 unspecified atom stereocenters. The fraction of sp³-hybridized carbons (Fsp3) is 1.00. The van der Waals surface area contributed by atoms with E-state index in [2.05, 4.69) is 27.4 Å². The molecule has 0 saturated heterocycles. The van der Waals surface area contributed by atoms with E-state index in [1.807, 2.05) is 0 Å². The zero-order chi connectivity index (χ0) is 11.2. The topological polar surface area (TPSA) is 0 Å². The van der Waals surface area contributed by atoms with Crippen LogP contribution < -0.4 is 0 Å². The number of unbranched alkanes of at least 4 members (excludes halogenated alkanes) is 11. The molecule has 0 aromatic heterocycles. The average molecular weight is 245 g/mol. The standard InChI is InChI=1S/C14H29.Ti/c1-3-5-7-9-11-13-14-12-10-8-6-4-2;/h1,3-14H2,2H3;. The van der Waals surface area contributed by atoms with E-state index < -0.39 is 0 Å². The van der Waals surface area contributed by atoms with Crippen molar-refractivity contribution >= 4 is 0 Å². The average Bonchev–Trinajstić information content (AvgIpc) is 2.26. The van der Waals surface area contributed by atoms with E-state index in [1.54, 1.807) is 0 Å². The Labute approximate surface area is 109 Å². The molecule has 0 aliphatic heterocycles. The van der Waals surface area contributed by atoms with Crippen LogP contribution in [0.5, 0.6) is 0 Å². The minimum absolute atomic E-state index is 1.37. The second-order valence-corrected chi connectivity index (χ2v) is 5.42. The summed E-state index contributed by atoms with van der Waals surface area (Å²) in [7, 11) is 0. The van der Waals surface area contributed by atoms with Crippen molar-refractivity contribution in [3.8, 4) is 0 Å². The Morgan fingerprint density at radius 2 is 0.867 bits per heavy atom. The molecular formula is C14H29Ti. The first kappa shape index (κ1) is 15.7. The van der Waals surface area contributed by atoms with E-state index >= 15 is 0 Å². The van der Waals surface area contributed by atoms with Crippen molar-refractivity contribution < 1.29 is 20.4 Å². The van der Waals surface area contributed by atoms with Crippen LogP contribution in [-0.2, 0) is 20.4 Å². The van der Waals surface area contributed by atoms with Crippen molar-refractivity contribution in [3.05, 3.63) is 0 Å². The van der Waals surface area contributed by atoms with Gasteiger partial charge in [-0.05, 0) is 0 Å². The molecule has 0 saturated carbocycles. The van der Waals surface area contributed by atoms with Gasteiger partial charge in [0.1, 0.15) is 0 Å². The molecule has 89 valence electrons. The summed E-state index contributed by atoms with van der Waals surface area (Å²) in [4.78, 5) is 0. The summed E-state index contributed by atoms with van der Waals surface area (Å²) in [5.74, 6) is 0. The van der Waals surface area contributed by atoms with Crippen molar-refractivity contribution in [2.24, 2.45) is 0 Å². The van der Waals surface area contributed by atoms with Gasteiger partial charge in [0.05, 0.1) is 0 Å². The van der Waals surface area contributed by atoms with Gasteiger partial charge in [-0.2, -0.15) is 0 Å². The van der Waals surface area contributed by atoms with Gasteiger partial charge in [-0.25, -0.2) is 0 Å². The molecule has 0 rings (SSSR count). The number of rotatable bonds is 12. The monoisotopic (exact) mass is 245 g/mol. The van der Waals surface area contributed by atoms with Gasteiger partial charge < -0.3 is 0 Å². The minimum atomic E-state index is 1.37. The third-order valence-corrected chi connectivity index (χ3v) is 3.58. The quantitative estimate of drug-likeness (QED) is 0.308. The summed E-state index contributed by atoms with van der Waals surface area (Å²) < 4.78 is 1.37. The van der Waals surface area contributed by atoms with Crippen LogP contribution in [0, 0.1) is 0 Å².